The Balaban J connectivity index is 0.00000596. The summed E-state index contributed by atoms with van der Waals surface area (Å²) < 4.78 is 133. The van der Waals surface area contributed by atoms with E-state index in [4.69, 9.17) is 23.9 Å². The van der Waals surface area contributed by atoms with Crippen LogP contribution in [0.5, 0.6) is 11.5 Å². The van der Waals surface area contributed by atoms with Gasteiger partial charge in [0.1, 0.15) is 5.82 Å². The summed E-state index contributed by atoms with van der Waals surface area (Å²) in [5.74, 6) is 0.983. The molecule has 1 aliphatic rings. The van der Waals surface area contributed by atoms with E-state index in [1.54, 1.807) is 75.9 Å². The molecule has 0 radical (unpaired) electrons. The number of imidazole rings is 1. The Labute approximate surface area is 371 Å². The number of hydrogen-bond acceptors (Lipinski definition) is 2. The Kier molecular flexibility index (Phi) is 6.14. The minimum Gasteiger partial charge on any atom is -0.510 e. The van der Waals surface area contributed by atoms with Crippen LogP contribution in [-0.2, 0) is 33.8 Å². The Hall–Kier alpha value is -6.55. The normalized spacial score (nSPS) is 17.6. The molecule has 11 rings (SSSR count). The molecule has 0 saturated heterocycles. The second-order valence-electron chi connectivity index (χ2n) is 13.3. The summed E-state index contributed by atoms with van der Waals surface area (Å²) in [5.41, 5.74) is 3.37. The van der Waals surface area contributed by atoms with E-state index in [1.165, 1.54) is 6.20 Å². The molecule has 0 aliphatic heterocycles. The minimum absolute atomic E-state index is 0. The molecular weight excluding hydrogens is 892 g/mol. The van der Waals surface area contributed by atoms with Crippen molar-refractivity contribution in [3.05, 3.63) is 199 Å². The van der Waals surface area contributed by atoms with Gasteiger partial charge in [0.15, 0.2) is 0 Å². The van der Waals surface area contributed by atoms with Gasteiger partial charge in [0.05, 0.1) is 30.4 Å². The molecule has 0 amide bonds. The molecule has 5 nitrogen and oxygen atoms in total. The summed E-state index contributed by atoms with van der Waals surface area (Å²) in [7, 11) is 0. The number of ether oxygens (including phenoxy) is 1. The number of fused-ring (bicyclic) bond motifs is 5. The molecule has 1 aliphatic carbocycles. The number of para-hydroxylation sites is 4. The van der Waals surface area contributed by atoms with E-state index in [-0.39, 0.29) is 78.7 Å². The van der Waals surface area contributed by atoms with Crippen molar-refractivity contribution >= 4 is 32.8 Å². The summed E-state index contributed by atoms with van der Waals surface area (Å²) in [6, 6.07) is 31.3. The average Bonchev–Trinajstić information content (AvgIpc) is 3.91. The Morgan fingerprint density at radius 2 is 1.33 bits per heavy atom. The molecule has 0 N–H and O–H groups in total. The topological polar surface area (TPSA) is 35.9 Å². The first-order valence-electron chi connectivity index (χ1n) is 25.3. The number of pyridine rings is 1. The van der Waals surface area contributed by atoms with Gasteiger partial charge in [-0.25, -0.2) is 4.98 Å². The van der Waals surface area contributed by atoms with E-state index in [1.807, 2.05) is 41.0 Å². The molecule has 0 spiro atoms. The van der Waals surface area contributed by atoms with Crippen LogP contribution in [0.25, 0.3) is 72.3 Å². The number of aromatic nitrogens is 4. The van der Waals surface area contributed by atoms with Crippen LogP contribution < -0.4 is 9.30 Å². The summed E-state index contributed by atoms with van der Waals surface area (Å²) in [4.78, 5) is 4.68. The van der Waals surface area contributed by atoms with Gasteiger partial charge < -0.3 is 13.9 Å². The van der Waals surface area contributed by atoms with Crippen LogP contribution >= 0.6 is 0 Å². The number of rotatable bonds is 7. The first-order valence-corrected chi connectivity index (χ1v) is 18.3. The monoisotopic (exact) mass is 941 g/mol. The second-order valence-corrected chi connectivity index (χ2v) is 13.3. The van der Waals surface area contributed by atoms with Crippen molar-refractivity contribution in [1.29, 1.82) is 0 Å². The van der Waals surface area contributed by atoms with Crippen molar-refractivity contribution in [3.8, 4) is 50.9 Å². The fourth-order valence-corrected chi connectivity index (χ4v) is 7.53. The molecular formula is C52H36N4OPt-2. The fourth-order valence-electron chi connectivity index (χ4n) is 7.53. The minimum atomic E-state index is -1.77. The van der Waals surface area contributed by atoms with E-state index < -0.39 is 73.2 Å². The standard InChI is InChI=1S/C52H36N4O.Pt/c1-3-15-36(16-4-1)43-24-14-25-44(37-17-5-2-6-18-37)52(43)55-35-54(48-27-11-12-28-49(48)55)40-21-13-22-41(32-40)57-42-29-30-46-45-23-9-10-26-47(45)56(50(46)33-42)51-31-38-19-7-8-20-39(38)34-53-51;/h1-6,9-18,21-31,34H,7-8,19-20H2;/q-2;/i1D,2D,3D,4D,5D,6D,15D,16D,17D,18D,19D2,20D2;. The largest absolute Gasteiger partial charge is 0.510 e. The zero-order chi connectivity index (χ0) is 50.0. The molecule has 0 fully saturated rings. The predicted molar refractivity (Wildman–Crippen MR) is 227 cm³/mol. The van der Waals surface area contributed by atoms with Crippen molar-refractivity contribution < 1.29 is 49.6 Å². The van der Waals surface area contributed by atoms with Crippen molar-refractivity contribution in [2.45, 2.75) is 25.6 Å². The molecule has 282 valence electrons. The summed E-state index contributed by atoms with van der Waals surface area (Å²) in [5, 5.41) is 1.72. The Morgan fingerprint density at radius 1 is 0.655 bits per heavy atom. The molecule has 0 atom stereocenters. The maximum absolute atomic E-state index is 8.99. The average molecular weight is 942 g/mol. The van der Waals surface area contributed by atoms with E-state index in [2.05, 4.69) is 23.4 Å². The maximum Gasteiger partial charge on any atom is 0.268 e. The van der Waals surface area contributed by atoms with Gasteiger partial charge in [-0.15, -0.1) is 29.7 Å². The summed E-state index contributed by atoms with van der Waals surface area (Å²) in [6.45, 7) is 0. The van der Waals surface area contributed by atoms with Crippen molar-refractivity contribution in [1.82, 2.24) is 14.1 Å². The number of nitrogens with zero attached hydrogens (tertiary/aromatic N) is 4. The van der Waals surface area contributed by atoms with Crippen molar-refractivity contribution in [2.24, 2.45) is 0 Å². The molecule has 0 saturated carbocycles. The second kappa shape index (κ2) is 15.1. The first-order chi connectivity index (χ1) is 33.9. The molecule has 3 heterocycles. The zero-order valence-electron chi connectivity index (χ0n) is 44.3. The van der Waals surface area contributed by atoms with Crippen LogP contribution in [0, 0.1) is 18.5 Å². The van der Waals surface area contributed by atoms with Crippen LogP contribution in [0.15, 0.2) is 170 Å². The van der Waals surface area contributed by atoms with Gasteiger partial charge in [-0.05, 0) is 82.2 Å². The molecule has 3 aromatic heterocycles. The number of benzene rings is 7. The molecule has 0 bridgehead atoms. The van der Waals surface area contributed by atoms with E-state index in [0.717, 1.165) is 16.3 Å². The van der Waals surface area contributed by atoms with Crippen LogP contribution in [0.1, 0.15) is 43.2 Å². The van der Waals surface area contributed by atoms with Crippen LogP contribution in [0.3, 0.4) is 0 Å². The van der Waals surface area contributed by atoms with Gasteiger partial charge in [0.2, 0.25) is 0 Å². The van der Waals surface area contributed by atoms with Crippen LogP contribution in [0.4, 0.5) is 0 Å². The third-order valence-corrected chi connectivity index (χ3v) is 10.0. The molecule has 10 aromatic rings. The smallest absolute Gasteiger partial charge is 0.268 e. The van der Waals surface area contributed by atoms with Gasteiger partial charge in [0, 0.05) is 49.8 Å². The number of hydrogen-bond donors (Lipinski definition) is 0. The van der Waals surface area contributed by atoms with E-state index in [9.17, 15) is 0 Å². The van der Waals surface area contributed by atoms with Crippen LogP contribution in [-0.4, -0.2) is 14.1 Å². The molecule has 7 aromatic carbocycles. The molecule has 6 heteroatoms. The predicted octanol–water partition coefficient (Wildman–Crippen LogP) is 11.8. The van der Waals surface area contributed by atoms with Crippen molar-refractivity contribution in [3.63, 3.8) is 0 Å². The van der Waals surface area contributed by atoms with Gasteiger partial charge >= 0.3 is 0 Å². The SMILES string of the molecule is [2H]c1c([2H])c([2H])c(-c2cccc(-c3c([2H])c([2H])c([2H])c([2H])c3[2H])c2-[n+]2[c-]n(-c3[c-]c(Oc4[c-]c5c(cc4)c4ccccc4n5-c4cc5c(cn4)C([2H])([2H])CCC5([2H])[2H])ccc3)c3ccccc32)c([2H])c1[2H].[Pt]. The van der Waals surface area contributed by atoms with Gasteiger partial charge in [0.25, 0.3) is 6.33 Å². The fraction of sp³-hybridized carbons (Fsp3) is 0.0769. The zero-order valence-corrected chi connectivity index (χ0v) is 32.6. The van der Waals surface area contributed by atoms with Gasteiger partial charge in [-0.1, -0.05) is 127 Å². The molecule has 58 heavy (non-hydrogen) atoms. The third-order valence-electron chi connectivity index (χ3n) is 10.0. The van der Waals surface area contributed by atoms with E-state index >= 15 is 0 Å². The summed E-state index contributed by atoms with van der Waals surface area (Å²) >= 11 is 0. The van der Waals surface area contributed by atoms with E-state index in [0.29, 0.717) is 33.8 Å². The Bertz CT molecular complexity index is 3760. The molecule has 0 unspecified atom stereocenters. The summed E-state index contributed by atoms with van der Waals surface area (Å²) in [6.07, 6.45) is 1.37. The number of aryl methyl sites for hydroxylation is 2. The van der Waals surface area contributed by atoms with Crippen molar-refractivity contribution in [2.75, 3.05) is 0 Å². The van der Waals surface area contributed by atoms with Gasteiger partial charge in [-0.3, -0.25) is 4.57 Å². The van der Waals surface area contributed by atoms with Crippen LogP contribution in [0.2, 0.25) is 0 Å². The quantitative estimate of drug-likeness (QED) is 0.118. The Morgan fingerprint density at radius 3 is 2.10 bits per heavy atom. The first kappa shape index (κ1) is 23.6. The maximum atomic E-state index is 8.99. The third kappa shape index (κ3) is 6.23. The van der Waals surface area contributed by atoms with Gasteiger partial charge in [-0.2, -0.15) is 18.2 Å².